The summed E-state index contributed by atoms with van der Waals surface area (Å²) in [5.41, 5.74) is 2.04. The minimum Gasteiger partial charge on any atom is -0.314 e. The number of nitriles is 1. The van der Waals surface area contributed by atoms with Crippen molar-refractivity contribution in [2.24, 2.45) is 0 Å². The van der Waals surface area contributed by atoms with Crippen molar-refractivity contribution in [1.29, 1.82) is 5.26 Å². The van der Waals surface area contributed by atoms with Crippen LogP contribution < -0.4 is 5.32 Å². The van der Waals surface area contributed by atoms with Crippen LogP contribution in [0, 0.1) is 11.3 Å². The Labute approximate surface area is 115 Å². The second kappa shape index (κ2) is 7.08. The molecule has 1 fully saturated rings. The molecule has 0 bridgehead atoms. The van der Waals surface area contributed by atoms with Crippen molar-refractivity contribution in [3.8, 4) is 6.07 Å². The number of piperazine rings is 1. The molecular weight excluding hydrogens is 234 g/mol. The van der Waals surface area contributed by atoms with Crippen molar-refractivity contribution < 1.29 is 0 Å². The fourth-order valence-electron chi connectivity index (χ4n) is 2.61. The highest BCUT2D eigenvalue weighted by molar-refractivity contribution is 5.33. The van der Waals surface area contributed by atoms with Crippen LogP contribution in [0.1, 0.15) is 30.0 Å². The van der Waals surface area contributed by atoms with Crippen LogP contribution in [-0.4, -0.2) is 31.1 Å². The van der Waals surface area contributed by atoms with Crippen LogP contribution in [0.5, 0.6) is 0 Å². The lowest BCUT2D eigenvalue weighted by molar-refractivity contribution is 0.166. The normalized spacial score (nSPS) is 17.6. The maximum absolute atomic E-state index is 8.88. The van der Waals surface area contributed by atoms with Crippen molar-refractivity contribution in [3.05, 3.63) is 48.0 Å². The number of rotatable bonds is 5. The highest BCUT2D eigenvalue weighted by Crippen LogP contribution is 2.26. The summed E-state index contributed by atoms with van der Waals surface area (Å²) in [7, 11) is 0. The second-order valence-corrected chi connectivity index (χ2v) is 4.90. The zero-order valence-corrected chi connectivity index (χ0v) is 11.3. The Morgan fingerprint density at radius 2 is 2.00 bits per heavy atom. The lowest BCUT2D eigenvalue weighted by Gasteiger charge is -2.35. The van der Waals surface area contributed by atoms with Crippen molar-refractivity contribution in [2.45, 2.75) is 18.9 Å². The summed E-state index contributed by atoms with van der Waals surface area (Å²) in [6.07, 6.45) is 4.10. The van der Waals surface area contributed by atoms with Gasteiger partial charge in [0.2, 0.25) is 0 Å². The molecule has 0 spiro atoms. The lowest BCUT2D eigenvalue weighted by atomic mass is 9.98. The van der Waals surface area contributed by atoms with Crippen LogP contribution in [0.3, 0.4) is 0 Å². The average Bonchev–Trinajstić information content (AvgIpc) is 2.49. The van der Waals surface area contributed by atoms with Gasteiger partial charge in [-0.15, -0.1) is 6.58 Å². The van der Waals surface area contributed by atoms with Crippen LogP contribution in [0.4, 0.5) is 0 Å². The molecule has 1 aliphatic heterocycles. The molecule has 1 atom stereocenters. The smallest absolute Gasteiger partial charge is 0.0991 e. The highest BCUT2D eigenvalue weighted by Gasteiger charge is 2.21. The molecule has 1 aromatic rings. The predicted octanol–water partition coefficient (Wildman–Crippen LogP) is 2.47. The molecule has 1 N–H and O–H groups in total. The van der Waals surface area contributed by atoms with Gasteiger partial charge in [0.15, 0.2) is 0 Å². The van der Waals surface area contributed by atoms with E-state index in [9.17, 15) is 0 Å². The maximum atomic E-state index is 8.88. The Kier molecular flexibility index (Phi) is 5.14. The lowest BCUT2D eigenvalue weighted by Crippen LogP contribution is -2.45. The van der Waals surface area contributed by atoms with Crippen LogP contribution in [0.15, 0.2) is 36.9 Å². The molecule has 1 aliphatic rings. The third kappa shape index (κ3) is 3.66. The van der Waals surface area contributed by atoms with Gasteiger partial charge in [0.25, 0.3) is 0 Å². The monoisotopic (exact) mass is 255 g/mol. The second-order valence-electron chi connectivity index (χ2n) is 4.90. The number of nitrogens with one attached hydrogen (secondary N) is 1. The van der Waals surface area contributed by atoms with Crippen LogP contribution in [0.25, 0.3) is 0 Å². The number of hydrogen-bond acceptors (Lipinski definition) is 3. The van der Waals surface area contributed by atoms with Crippen LogP contribution in [0.2, 0.25) is 0 Å². The van der Waals surface area contributed by atoms with E-state index in [1.54, 1.807) is 0 Å². The summed E-state index contributed by atoms with van der Waals surface area (Å²) < 4.78 is 0. The Balaban J connectivity index is 2.14. The Bertz CT molecular complexity index is 438. The first kappa shape index (κ1) is 13.8. The zero-order chi connectivity index (χ0) is 13.5. The van der Waals surface area contributed by atoms with Gasteiger partial charge < -0.3 is 5.32 Å². The summed E-state index contributed by atoms with van der Waals surface area (Å²) in [5.74, 6) is 0. The molecule has 1 saturated heterocycles. The van der Waals surface area contributed by atoms with Crippen molar-refractivity contribution >= 4 is 0 Å². The highest BCUT2D eigenvalue weighted by atomic mass is 15.2. The van der Waals surface area contributed by atoms with Gasteiger partial charge in [0.1, 0.15) is 0 Å². The number of nitrogens with zero attached hydrogens (tertiary/aromatic N) is 2. The third-order valence-corrected chi connectivity index (χ3v) is 3.66. The van der Waals surface area contributed by atoms with E-state index in [4.69, 9.17) is 5.26 Å². The fraction of sp³-hybridized carbons (Fsp3) is 0.438. The first-order valence-electron chi connectivity index (χ1n) is 6.91. The van der Waals surface area contributed by atoms with E-state index >= 15 is 0 Å². The molecule has 0 saturated carbocycles. The maximum Gasteiger partial charge on any atom is 0.0991 e. The number of benzene rings is 1. The van der Waals surface area contributed by atoms with Gasteiger partial charge in [-0.25, -0.2) is 0 Å². The van der Waals surface area contributed by atoms with Crippen molar-refractivity contribution in [2.75, 3.05) is 26.2 Å². The average molecular weight is 255 g/mol. The fourth-order valence-corrected chi connectivity index (χ4v) is 2.61. The van der Waals surface area contributed by atoms with E-state index in [2.05, 4.69) is 35.0 Å². The molecule has 19 heavy (non-hydrogen) atoms. The minimum atomic E-state index is 0.438. The summed E-state index contributed by atoms with van der Waals surface area (Å²) in [4.78, 5) is 2.53. The van der Waals surface area contributed by atoms with E-state index in [1.165, 1.54) is 5.56 Å². The summed E-state index contributed by atoms with van der Waals surface area (Å²) in [5, 5.41) is 12.3. The molecule has 0 amide bonds. The number of hydrogen-bond donors (Lipinski definition) is 1. The zero-order valence-electron chi connectivity index (χ0n) is 11.3. The van der Waals surface area contributed by atoms with Gasteiger partial charge in [-0.05, 0) is 30.5 Å². The summed E-state index contributed by atoms with van der Waals surface area (Å²) >= 11 is 0. The molecule has 0 aromatic heterocycles. The molecule has 2 rings (SSSR count). The van der Waals surface area contributed by atoms with Gasteiger partial charge in [-0.1, -0.05) is 18.2 Å². The van der Waals surface area contributed by atoms with E-state index in [1.807, 2.05) is 18.2 Å². The van der Waals surface area contributed by atoms with Crippen molar-refractivity contribution in [1.82, 2.24) is 10.2 Å². The first-order valence-corrected chi connectivity index (χ1v) is 6.91. The molecule has 0 radical (unpaired) electrons. The molecule has 3 nitrogen and oxygen atoms in total. The van der Waals surface area contributed by atoms with Gasteiger partial charge in [-0.3, -0.25) is 4.90 Å². The molecule has 1 heterocycles. The molecule has 100 valence electrons. The van der Waals surface area contributed by atoms with E-state index in [-0.39, 0.29) is 0 Å². The Hall–Kier alpha value is -1.63. The minimum absolute atomic E-state index is 0.438. The first-order chi connectivity index (χ1) is 9.35. The van der Waals surface area contributed by atoms with E-state index < -0.39 is 0 Å². The van der Waals surface area contributed by atoms with Crippen LogP contribution >= 0.6 is 0 Å². The SMILES string of the molecule is C=CCC[C@H](c1ccc(C#N)cc1)N1CCNCC1. The third-order valence-electron chi connectivity index (χ3n) is 3.66. The van der Waals surface area contributed by atoms with Gasteiger partial charge >= 0.3 is 0 Å². The summed E-state index contributed by atoms with van der Waals surface area (Å²) in [6.45, 7) is 8.11. The van der Waals surface area contributed by atoms with Crippen molar-refractivity contribution in [3.63, 3.8) is 0 Å². The quantitative estimate of drug-likeness (QED) is 0.822. The standard InChI is InChI=1S/C16H21N3/c1-2-3-4-16(19-11-9-18-10-12-19)15-7-5-14(13-17)6-8-15/h2,5-8,16,18H,1,3-4,9-12H2/t16-/m1/s1. The predicted molar refractivity (Wildman–Crippen MR) is 77.8 cm³/mol. The topological polar surface area (TPSA) is 39.1 Å². The molecule has 0 unspecified atom stereocenters. The van der Waals surface area contributed by atoms with Gasteiger partial charge in [-0.2, -0.15) is 5.26 Å². The van der Waals surface area contributed by atoms with E-state index in [0.717, 1.165) is 44.6 Å². The van der Waals surface area contributed by atoms with Crippen LogP contribution in [-0.2, 0) is 0 Å². The largest absolute Gasteiger partial charge is 0.314 e. The Morgan fingerprint density at radius 3 is 2.58 bits per heavy atom. The molecule has 1 aromatic carbocycles. The molecule has 3 heteroatoms. The Morgan fingerprint density at radius 1 is 1.32 bits per heavy atom. The molecular formula is C16H21N3. The van der Waals surface area contributed by atoms with Gasteiger partial charge in [0, 0.05) is 32.2 Å². The molecule has 0 aliphatic carbocycles. The van der Waals surface area contributed by atoms with Gasteiger partial charge in [0.05, 0.1) is 11.6 Å². The summed E-state index contributed by atoms with van der Waals surface area (Å²) in [6, 6.07) is 10.6. The van der Waals surface area contributed by atoms with E-state index in [0.29, 0.717) is 6.04 Å². The number of allylic oxidation sites excluding steroid dienone is 1.